The van der Waals surface area contributed by atoms with Gasteiger partial charge in [-0.3, -0.25) is 11.3 Å². The average molecular weight is 269 g/mol. The number of aryl methyl sites for hydroxylation is 1. The highest BCUT2D eigenvalue weighted by atomic mass is 79.9. The molecule has 0 spiro atoms. The summed E-state index contributed by atoms with van der Waals surface area (Å²) < 4.78 is 1.15. The third-order valence-electron chi connectivity index (χ3n) is 2.99. The number of hydrogen-bond donors (Lipinski definition) is 2. The Balaban J connectivity index is 2.19. The van der Waals surface area contributed by atoms with Crippen LogP contribution in [0.2, 0.25) is 0 Å². The van der Waals surface area contributed by atoms with Gasteiger partial charge in [-0.25, -0.2) is 0 Å². The summed E-state index contributed by atoms with van der Waals surface area (Å²) in [5, 5.41) is 0. The van der Waals surface area contributed by atoms with Crippen LogP contribution < -0.4 is 11.3 Å². The molecule has 0 aliphatic heterocycles. The zero-order chi connectivity index (χ0) is 10.8. The van der Waals surface area contributed by atoms with E-state index in [4.69, 9.17) is 5.84 Å². The first-order valence-electron chi connectivity index (χ1n) is 5.43. The number of halogens is 1. The van der Waals surface area contributed by atoms with Crippen LogP contribution in [0.1, 0.15) is 36.4 Å². The molecule has 1 unspecified atom stereocenters. The minimum Gasteiger partial charge on any atom is -0.271 e. The number of benzene rings is 1. The van der Waals surface area contributed by atoms with Gasteiger partial charge in [0.05, 0.1) is 0 Å². The summed E-state index contributed by atoms with van der Waals surface area (Å²) in [6.45, 7) is 2.11. The van der Waals surface area contributed by atoms with Gasteiger partial charge in [-0.1, -0.05) is 46.5 Å². The van der Waals surface area contributed by atoms with E-state index in [0.717, 1.165) is 16.8 Å². The molecule has 1 aromatic rings. The van der Waals surface area contributed by atoms with Gasteiger partial charge < -0.3 is 0 Å². The van der Waals surface area contributed by atoms with Crippen LogP contribution in [0, 0.1) is 12.8 Å². The zero-order valence-electron chi connectivity index (χ0n) is 8.96. The summed E-state index contributed by atoms with van der Waals surface area (Å²) >= 11 is 3.59. The SMILES string of the molecule is Cc1ccc(Br)c(C(CC2CC2)NN)c1. The Morgan fingerprint density at radius 1 is 1.53 bits per heavy atom. The Morgan fingerprint density at radius 3 is 2.87 bits per heavy atom. The van der Waals surface area contributed by atoms with Crippen molar-refractivity contribution in [2.45, 2.75) is 32.2 Å². The molecule has 1 aliphatic rings. The fourth-order valence-electron chi connectivity index (χ4n) is 1.90. The van der Waals surface area contributed by atoms with Gasteiger partial charge in [0, 0.05) is 10.5 Å². The minimum absolute atomic E-state index is 0.284. The molecule has 3 N–H and O–H groups in total. The van der Waals surface area contributed by atoms with Gasteiger partial charge in [0.1, 0.15) is 0 Å². The van der Waals surface area contributed by atoms with Crippen LogP contribution in [-0.4, -0.2) is 0 Å². The Kier molecular flexibility index (Phi) is 3.44. The van der Waals surface area contributed by atoms with Crippen molar-refractivity contribution in [1.82, 2.24) is 5.43 Å². The van der Waals surface area contributed by atoms with Crippen LogP contribution in [0.4, 0.5) is 0 Å². The van der Waals surface area contributed by atoms with E-state index in [0.29, 0.717) is 0 Å². The predicted molar refractivity (Wildman–Crippen MR) is 66.3 cm³/mol. The quantitative estimate of drug-likeness (QED) is 0.651. The van der Waals surface area contributed by atoms with Crippen molar-refractivity contribution in [2.24, 2.45) is 11.8 Å². The van der Waals surface area contributed by atoms with Crippen molar-refractivity contribution >= 4 is 15.9 Å². The summed E-state index contributed by atoms with van der Waals surface area (Å²) in [6.07, 6.45) is 3.88. The summed E-state index contributed by atoms with van der Waals surface area (Å²) in [6, 6.07) is 6.70. The molecule has 0 amide bonds. The molecule has 1 fully saturated rings. The first kappa shape index (κ1) is 11.1. The molecular weight excluding hydrogens is 252 g/mol. The standard InChI is InChI=1S/C12H17BrN2/c1-8-2-5-11(13)10(6-8)12(15-14)7-9-3-4-9/h2,5-6,9,12,15H,3-4,7,14H2,1H3. The number of nitrogens with one attached hydrogen (secondary N) is 1. The lowest BCUT2D eigenvalue weighted by Gasteiger charge is -2.18. The van der Waals surface area contributed by atoms with E-state index in [9.17, 15) is 0 Å². The van der Waals surface area contributed by atoms with Crippen molar-refractivity contribution in [2.75, 3.05) is 0 Å². The largest absolute Gasteiger partial charge is 0.271 e. The fraction of sp³-hybridized carbons (Fsp3) is 0.500. The van der Waals surface area contributed by atoms with Crippen molar-refractivity contribution in [3.05, 3.63) is 33.8 Å². The summed E-state index contributed by atoms with van der Waals surface area (Å²) in [5.41, 5.74) is 5.49. The van der Waals surface area contributed by atoms with Crippen molar-refractivity contribution in [3.8, 4) is 0 Å². The lowest BCUT2D eigenvalue weighted by molar-refractivity contribution is 0.485. The van der Waals surface area contributed by atoms with E-state index in [1.165, 1.54) is 24.0 Å². The lowest BCUT2D eigenvalue weighted by Crippen LogP contribution is -2.28. The number of hydrazine groups is 1. The van der Waals surface area contributed by atoms with Crippen LogP contribution in [0.15, 0.2) is 22.7 Å². The van der Waals surface area contributed by atoms with Crippen LogP contribution in [-0.2, 0) is 0 Å². The maximum Gasteiger partial charge on any atom is 0.0473 e. The number of nitrogens with two attached hydrogens (primary N) is 1. The van der Waals surface area contributed by atoms with Crippen LogP contribution in [0.5, 0.6) is 0 Å². The van der Waals surface area contributed by atoms with Gasteiger partial charge in [0.25, 0.3) is 0 Å². The third-order valence-corrected chi connectivity index (χ3v) is 3.72. The molecule has 0 radical (unpaired) electrons. The van der Waals surface area contributed by atoms with Crippen LogP contribution in [0.25, 0.3) is 0 Å². The lowest BCUT2D eigenvalue weighted by atomic mass is 10.0. The molecule has 1 aliphatic carbocycles. The second-order valence-electron chi connectivity index (χ2n) is 4.42. The topological polar surface area (TPSA) is 38.0 Å². The molecule has 15 heavy (non-hydrogen) atoms. The van der Waals surface area contributed by atoms with E-state index in [1.54, 1.807) is 0 Å². The summed E-state index contributed by atoms with van der Waals surface area (Å²) in [5.74, 6) is 6.50. The second-order valence-corrected chi connectivity index (χ2v) is 5.28. The van der Waals surface area contributed by atoms with Gasteiger partial charge >= 0.3 is 0 Å². The van der Waals surface area contributed by atoms with Crippen molar-refractivity contribution in [1.29, 1.82) is 0 Å². The minimum atomic E-state index is 0.284. The normalized spacial score (nSPS) is 17.8. The van der Waals surface area contributed by atoms with Gasteiger partial charge in [0.15, 0.2) is 0 Å². The Morgan fingerprint density at radius 2 is 2.27 bits per heavy atom. The van der Waals surface area contributed by atoms with E-state index >= 15 is 0 Å². The van der Waals surface area contributed by atoms with Gasteiger partial charge in [0.2, 0.25) is 0 Å². The Bertz CT molecular complexity index is 347. The molecule has 1 saturated carbocycles. The smallest absolute Gasteiger partial charge is 0.0473 e. The van der Waals surface area contributed by atoms with Crippen LogP contribution >= 0.6 is 15.9 Å². The second kappa shape index (κ2) is 4.64. The summed E-state index contributed by atoms with van der Waals surface area (Å²) in [4.78, 5) is 0. The monoisotopic (exact) mass is 268 g/mol. The Labute approximate surface area is 99.3 Å². The van der Waals surface area contributed by atoms with E-state index in [-0.39, 0.29) is 6.04 Å². The molecule has 0 aromatic heterocycles. The summed E-state index contributed by atoms with van der Waals surface area (Å²) in [7, 11) is 0. The molecule has 82 valence electrons. The van der Waals surface area contributed by atoms with Gasteiger partial charge in [-0.05, 0) is 30.9 Å². The third kappa shape index (κ3) is 2.80. The predicted octanol–water partition coefficient (Wildman–Crippen LogP) is 3.06. The highest BCUT2D eigenvalue weighted by Gasteiger charge is 2.26. The molecule has 0 bridgehead atoms. The molecular formula is C12H17BrN2. The Hall–Kier alpha value is -0.380. The van der Waals surface area contributed by atoms with E-state index < -0.39 is 0 Å². The fourth-order valence-corrected chi connectivity index (χ4v) is 2.42. The van der Waals surface area contributed by atoms with Crippen LogP contribution in [0.3, 0.4) is 0 Å². The first-order valence-corrected chi connectivity index (χ1v) is 6.22. The molecule has 0 heterocycles. The highest BCUT2D eigenvalue weighted by molar-refractivity contribution is 9.10. The number of rotatable bonds is 4. The van der Waals surface area contributed by atoms with Crippen molar-refractivity contribution < 1.29 is 0 Å². The molecule has 2 nitrogen and oxygen atoms in total. The van der Waals surface area contributed by atoms with Crippen molar-refractivity contribution in [3.63, 3.8) is 0 Å². The zero-order valence-corrected chi connectivity index (χ0v) is 10.5. The van der Waals surface area contributed by atoms with E-state index in [2.05, 4.69) is 46.5 Å². The molecule has 0 saturated heterocycles. The van der Waals surface area contributed by atoms with E-state index in [1.807, 2.05) is 0 Å². The maximum atomic E-state index is 5.63. The number of hydrogen-bond acceptors (Lipinski definition) is 2. The van der Waals surface area contributed by atoms with Gasteiger partial charge in [-0.15, -0.1) is 0 Å². The average Bonchev–Trinajstić information content (AvgIpc) is 3.02. The van der Waals surface area contributed by atoms with Gasteiger partial charge in [-0.2, -0.15) is 0 Å². The maximum absolute atomic E-state index is 5.63. The molecule has 1 atom stereocenters. The molecule has 3 heteroatoms. The first-order chi connectivity index (χ1) is 7.20. The molecule has 1 aromatic carbocycles. The molecule has 2 rings (SSSR count). The highest BCUT2D eigenvalue weighted by Crippen LogP contribution is 2.38.